The first-order chi connectivity index (χ1) is 23.4. The Balaban J connectivity index is 1.54. The zero-order valence-electron chi connectivity index (χ0n) is 28.4. The van der Waals surface area contributed by atoms with Gasteiger partial charge in [-0.15, -0.1) is 11.3 Å². The minimum absolute atomic E-state index is 0.0507. The van der Waals surface area contributed by atoms with Crippen LogP contribution in [-0.4, -0.2) is 54.7 Å². The standard InChI is InChI=1S/C37H40N4O7S/c1-7-14-38-34(43)29-11-9-24(31(40-29)35(44)46-6)25-19-30-27(32-23(12-15-47-30)13-16-49-32)18-26(25)33(42)41-28-10-8-22(17-21(28)2)20-39-36(45)48-37(3,4)5/h8-11,13,16-19H,7,12,14-15,20H2,1-6H3,(H,38,43)(H,39,45)(H,41,42). The van der Waals surface area contributed by atoms with Gasteiger partial charge in [-0.25, -0.2) is 14.6 Å². The van der Waals surface area contributed by atoms with Crippen molar-refractivity contribution in [3.8, 4) is 27.3 Å². The fourth-order valence-electron chi connectivity index (χ4n) is 5.37. The van der Waals surface area contributed by atoms with Crippen LogP contribution in [0.4, 0.5) is 10.5 Å². The average molecular weight is 685 g/mol. The summed E-state index contributed by atoms with van der Waals surface area (Å²) in [6, 6.07) is 14.2. The van der Waals surface area contributed by atoms with Gasteiger partial charge < -0.3 is 30.2 Å². The van der Waals surface area contributed by atoms with E-state index in [1.165, 1.54) is 13.2 Å². The van der Waals surface area contributed by atoms with Crippen LogP contribution in [0.2, 0.25) is 0 Å². The number of aryl methyl sites for hydroxylation is 1. The van der Waals surface area contributed by atoms with E-state index >= 15 is 0 Å². The molecule has 0 saturated carbocycles. The van der Waals surface area contributed by atoms with Gasteiger partial charge in [0.05, 0.1) is 13.7 Å². The Kier molecular flexibility index (Phi) is 10.7. The number of amides is 3. The number of nitrogens with one attached hydrogen (secondary N) is 3. The van der Waals surface area contributed by atoms with Crippen LogP contribution in [0.3, 0.4) is 0 Å². The Morgan fingerprint density at radius 3 is 2.47 bits per heavy atom. The molecule has 0 fully saturated rings. The molecule has 1 aliphatic rings. The number of benzene rings is 2. The Bertz CT molecular complexity index is 1910. The summed E-state index contributed by atoms with van der Waals surface area (Å²) >= 11 is 1.56. The van der Waals surface area contributed by atoms with Gasteiger partial charge in [-0.05, 0) is 92.6 Å². The van der Waals surface area contributed by atoms with E-state index in [9.17, 15) is 19.2 Å². The molecule has 0 spiro atoms. The monoisotopic (exact) mass is 684 g/mol. The van der Waals surface area contributed by atoms with E-state index in [-0.39, 0.29) is 23.5 Å². The molecule has 0 bridgehead atoms. The number of pyridine rings is 1. The van der Waals surface area contributed by atoms with Crippen LogP contribution in [0.5, 0.6) is 5.75 Å². The van der Waals surface area contributed by atoms with Crippen molar-refractivity contribution < 1.29 is 33.4 Å². The molecule has 11 nitrogen and oxygen atoms in total. The third-order valence-corrected chi connectivity index (χ3v) is 8.68. The molecule has 0 unspecified atom stereocenters. The molecule has 256 valence electrons. The molecule has 0 saturated heterocycles. The fraction of sp³-hybridized carbons (Fsp3) is 0.324. The van der Waals surface area contributed by atoms with Crippen LogP contribution in [0.15, 0.2) is 53.9 Å². The summed E-state index contributed by atoms with van der Waals surface area (Å²) in [4.78, 5) is 57.6. The number of methoxy groups -OCH3 is 1. The molecule has 2 aromatic heterocycles. The number of carbonyl (C=O) groups is 4. The number of ether oxygens (including phenoxy) is 3. The lowest BCUT2D eigenvalue weighted by atomic mass is 9.93. The first-order valence-electron chi connectivity index (χ1n) is 16.0. The van der Waals surface area contributed by atoms with Crippen molar-refractivity contribution in [2.75, 3.05) is 25.6 Å². The molecule has 4 aromatic rings. The predicted molar refractivity (Wildman–Crippen MR) is 188 cm³/mol. The summed E-state index contributed by atoms with van der Waals surface area (Å²) in [7, 11) is 1.24. The molecule has 0 atom stereocenters. The number of anilines is 1. The first-order valence-corrected chi connectivity index (χ1v) is 16.9. The molecule has 0 radical (unpaired) electrons. The highest BCUT2D eigenvalue weighted by Crippen LogP contribution is 2.43. The molecule has 3 amide bonds. The summed E-state index contributed by atoms with van der Waals surface area (Å²) in [5.41, 5.74) is 4.35. The van der Waals surface area contributed by atoms with E-state index < -0.39 is 29.5 Å². The van der Waals surface area contributed by atoms with Crippen LogP contribution in [0.25, 0.3) is 21.6 Å². The van der Waals surface area contributed by atoms with Gasteiger partial charge in [0.25, 0.3) is 11.8 Å². The van der Waals surface area contributed by atoms with Crippen molar-refractivity contribution in [1.82, 2.24) is 15.6 Å². The normalized spacial score (nSPS) is 12.0. The van der Waals surface area contributed by atoms with E-state index in [1.54, 1.807) is 56.4 Å². The van der Waals surface area contributed by atoms with Gasteiger partial charge >= 0.3 is 12.1 Å². The number of nitrogens with zero attached hydrogens (tertiary/aromatic N) is 1. The molecule has 0 aliphatic carbocycles. The number of alkyl carbamates (subject to hydrolysis) is 1. The number of carbonyl (C=O) groups excluding carboxylic acids is 4. The highest BCUT2D eigenvalue weighted by molar-refractivity contribution is 7.13. The van der Waals surface area contributed by atoms with Crippen LogP contribution >= 0.6 is 11.3 Å². The summed E-state index contributed by atoms with van der Waals surface area (Å²) in [5.74, 6) is -1.05. The van der Waals surface area contributed by atoms with E-state index in [1.807, 2.05) is 31.4 Å². The number of fused-ring (bicyclic) bond motifs is 3. The van der Waals surface area contributed by atoms with Crippen molar-refractivity contribution in [2.45, 2.75) is 59.6 Å². The number of hydrogen-bond donors (Lipinski definition) is 3. The van der Waals surface area contributed by atoms with Gasteiger partial charge in [0.2, 0.25) is 0 Å². The largest absolute Gasteiger partial charge is 0.493 e. The SMILES string of the molecule is CCCNC(=O)c1ccc(-c2cc3c(cc2C(=O)Nc2ccc(CNC(=O)OC(C)(C)C)cc2C)-c2sccc2CCO3)c(C(=O)OC)n1. The maximum absolute atomic E-state index is 14.2. The zero-order chi connectivity index (χ0) is 35.3. The Morgan fingerprint density at radius 1 is 0.959 bits per heavy atom. The Labute approximate surface area is 289 Å². The maximum atomic E-state index is 14.2. The summed E-state index contributed by atoms with van der Waals surface area (Å²) in [6.45, 7) is 10.3. The predicted octanol–water partition coefficient (Wildman–Crippen LogP) is 6.92. The average Bonchev–Trinajstić information content (AvgIpc) is 3.47. The molecule has 2 aromatic carbocycles. The second-order valence-corrected chi connectivity index (χ2v) is 13.5. The highest BCUT2D eigenvalue weighted by Gasteiger charge is 2.27. The third kappa shape index (κ3) is 8.26. The third-order valence-electron chi connectivity index (χ3n) is 7.69. The van der Waals surface area contributed by atoms with E-state index in [4.69, 9.17) is 14.2 Å². The van der Waals surface area contributed by atoms with Crippen molar-refractivity contribution in [3.05, 3.63) is 87.6 Å². The van der Waals surface area contributed by atoms with Gasteiger partial charge in [0.15, 0.2) is 5.69 Å². The van der Waals surface area contributed by atoms with Crippen LogP contribution < -0.4 is 20.7 Å². The van der Waals surface area contributed by atoms with Crippen molar-refractivity contribution in [2.24, 2.45) is 0 Å². The first kappa shape index (κ1) is 35.1. The lowest BCUT2D eigenvalue weighted by Gasteiger charge is -2.20. The highest BCUT2D eigenvalue weighted by atomic mass is 32.1. The lowest BCUT2D eigenvalue weighted by Crippen LogP contribution is -2.32. The molecule has 3 heterocycles. The number of aromatic nitrogens is 1. The van der Waals surface area contributed by atoms with Gasteiger partial charge in [0.1, 0.15) is 17.0 Å². The Hall–Kier alpha value is -5.23. The molecular weight excluding hydrogens is 644 g/mol. The topological polar surface area (TPSA) is 145 Å². The molecule has 3 N–H and O–H groups in total. The molecular formula is C37H40N4O7S. The second kappa shape index (κ2) is 14.9. The Morgan fingerprint density at radius 2 is 1.76 bits per heavy atom. The van der Waals surface area contributed by atoms with Crippen LogP contribution in [0.1, 0.15) is 82.1 Å². The van der Waals surface area contributed by atoms with Gasteiger partial charge in [-0.1, -0.05) is 19.1 Å². The van der Waals surface area contributed by atoms with Crippen molar-refractivity contribution >= 4 is 40.9 Å². The summed E-state index contributed by atoms with van der Waals surface area (Å²) in [6.07, 6.45) is 0.916. The van der Waals surface area contributed by atoms with E-state index in [0.29, 0.717) is 42.1 Å². The lowest BCUT2D eigenvalue weighted by molar-refractivity contribution is 0.0522. The number of hydrogen-bond acceptors (Lipinski definition) is 9. The van der Waals surface area contributed by atoms with Gasteiger partial charge in [-0.2, -0.15) is 0 Å². The van der Waals surface area contributed by atoms with Crippen LogP contribution in [-0.2, 0) is 22.4 Å². The molecule has 49 heavy (non-hydrogen) atoms. The summed E-state index contributed by atoms with van der Waals surface area (Å²) < 4.78 is 16.6. The minimum Gasteiger partial charge on any atom is -0.493 e. The van der Waals surface area contributed by atoms with Crippen molar-refractivity contribution in [1.29, 1.82) is 0 Å². The fourth-order valence-corrected chi connectivity index (χ4v) is 6.34. The van der Waals surface area contributed by atoms with E-state index in [0.717, 1.165) is 33.6 Å². The number of esters is 1. The summed E-state index contributed by atoms with van der Waals surface area (Å²) in [5, 5.41) is 10.6. The molecule has 12 heteroatoms. The number of thiophene rings is 1. The molecule has 5 rings (SSSR count). The number of rotatable bonds is 9. The van der Waals surface area contributed by atoms with Crippen molar-refractivity contribution in [3.63, 3.8) is 0 Å². The molecule has 1 aliphatic heterocycles. The minimum atomic E-state index is -0.755. The second-order valence-electron chi connectivity index (χ2n) is 12.6. The maximum Gasteiger partial charge on any atom is 0.407 e. The smallest absolute Gasteiger partial charge is 0.407 e. The van der Waals surface area contributed by atoms with E-state index in [2.05, 4.69) is 27.0 Å². The van der Waals surface area contributed by atoms with Gasteiger partial charge in [-0.3, -0.25) is 9.59 Å². The van der Waals surface area contributed by atoms with Crippen LogP contribution in [0, 0.1) is 6.92 Å². The van der Waals surface area contributed by atoms with Gasteiger partial charge in [0, 0.05) is 52.3 Å². The zero-order valence-corrected chi connectivity index (χ0v) is 29.3. The quantitative estimate of drug-likeness (QED) is 0.161.